The third kappa shape index (κ3) is 4.60. The standard InChI is InChI=1S/C54H35N3/c1-9-28-46-36(18-1)37-19-2-10-29-47(37)55(46)50-32-13-7-24-42(50)44-26-17-27-45(54(44)57-52-34-15-5-22-40(52)41-23-6-16-35-53(41)57)43-25-8-14-33-51(43)56-48-30-11-3-20-38(48)39-21-4-12-31-49(39)56/h1-35H/i1D,2D,3D,4D,5D,6D,7D,8D,9D,10D,11D,12D,13D,14D,15D,16D,17D,18D,19D,20D,21D,22D,23D,24D,25D,26D,27D,28D,29D,30D,31D,32D,33D,34D,35D. The summed E-state index contributed by atoms with van der Waals surface area (Å²) in [6.45, 7) is 0. The molecule has 0 atom stereocenters. The van der Waals surface area contributed by atoms with E-state index in [1.807, 2.05) is 0 Å². The lowest BCUT2D eigenvalue weighted by atomic mass is 9.93. The fourth-order valence-electron chi connectivity index (χ4n) is 7.23. The van der Waals surface area contributed by atoms with Crippen molar-refractivity contribution in [1.29, 1.82) is 0 Å². The van der Waals surface area contributed by atoms with Gasteiger partial charge in [-0.05, 0) is 48.3 Å². The van der Waals surface area contributed by atoms with Crippen LogP contribution in [0.25, 0.3) is 105 Å². The van der Waals surface area contributed by atoms with Gasteiger partial charge in [0.2, 0.25) is 0 Å². The molecule has 0 unspecified atom stereocenters. The number of rotatable bonds is 5. The van der Waals surface area contributed by atoms with Crippen molar-refractivity contribution < 1.29 is 48.0 Å². The summed E-state index contributed by atoms with van der Waals surface area (Å²) in [7, 11) is 0. The van der Waals surface area contributed by atoms with E-state index in [-0.39, 0.29) is 0 Å². The maximum absolute atomic E-state index is 10.2. The van der Waals surface area contributed by atoms with Crippen molar-refractivity contribution in [1.82, 2.24) is 13.7 Å². The summed E-state index contributed by atoms with van der Waals surface area (Å²) in [6.07, 6.45) is 0. The number of hydrogen-bond donors (Lipinski definition) is 0. The van der Waals surface area contributed by atoms with Crippen LogP contribution in [0.1, 0.15) is 48.0 Å². The molecule has 12 aromatic rings. The number of hydrogen-bond acceptors (Lipinski definition) is 0. The van der Waals surface area contributed by atoms with Crippen LogP contribution in [0.5, 0.6) is 0 Å². The van der Waals surface area contributed by atoms with Gasteiger partial charge in [-0.1, -0.05) is 163 Å². The molecule has 12 rings (SSSR count). The second kappa shape index (κ2) is 12.5. The predicted molar refractivity (Wildman–Crippen MR) is 240 cm³/mol. The Kier molecular flexibility index (Phi) is 2.78. The molecule has 9 aromatic carbocycles. The predicted octanol–water partition coefficient (Wildman–Crippen LogP) is 14.3. The Morgan fingerprint density at radius 2 is 0.474 bits per heavy atom. The van der Waals surface area contributed by atoms with E-state index in [1.165, 1.54) is 0 Å². The second-order valence-corrected chi connectivity index (χ2v) is 12.3. The Balaban J connectivity index is 1.50. The lowest BCUT2D eigenvalue weighted by Crippen LogP contribution is -2.05. The third-order valence-electron chi connectivity index (χ3n) is 9.45. The molecule has 3 aromatic heterocycles. The molecule has 0 radical (unpaired) electrons. The van der Waals surface area contributed by atoms with Crippen LogP contribution in [0.15, 0.2) is 211 Å². The smallest absolute Gasteiger partial charge is 0.0645 e. The average molecular weight is 761 g/mol. The topological polar surface area (TPSA) is 14.8 Å². The first-order valence-electron chi connectivity index (χ1n) is 34.3. The first-order valence-corrected chi connectivity index (χ1v) is 16.8. The number of benzene rings is 9. The van der Waals surface area contributed by atoms with Gasteiger partial charge >= 0.3 is 0 Å². The van der Waals surface area contributed by atoms with Crippen LogP contribution in [0, 0.1) is 0 Å². The van der Waals surface area contributed by atoms with Gasteiger partial charge in [0.1, 0.15) is 0 Å². The summed E-state index contributed by atoms with van der Waals surface area (Å²) in [5.74, 6) is 0. The van der Waals surface area contributed by atoms with E-state index in [1.54, 1.807) is 0 Å². The van der Waals surface area contributed by atoms with Crippen molar-refractivity contribution in [3.05, 3.63) is 211 Å². The molecule has 0 amide bonds. The Morgan fingerprint density at radius 3 is 0.807 bits per heavy atom. The molecular weight excluding hydrogens is 691 g/mol. The quantitative estimate of drug-likeness (QED) is 0.166. The summed E-state index contributed by atoms with van der Waals surface area (Å²) >= 11 is 0. The molecule has 3 heterocycles. The Morgan fingerprint density at radius 1 is 0.228 bits per heavy atom. The lowest BCUT2D eigenvalue weighted by Gasteiger charge is -2.23. The first kappa shape index (κ1) is 12.7. The zero-order valence-corrected chi connectivity index (χ0v) is 28.3. The average Bonchev–Trinajstić information content (AvgIpc) is 1.41. The molecule has 3 nitrogen and oxygen atoms in total. The zero-order valence-electron chi connectivity index (χ0n) is 63.3. The molecule has 0 aliphatic heterocycles. The van der Waals surface area contributed by atoms with Gasteiger partial charge in [0.05, 0.1) is 98.1 Å². The molecule has 266 valence electrons. The molecule has 3 heteroatoms. The van der Waals surface area contributed by atoms with Crippen molar-refractivity contribution in [3.63, 3.8) is 0 Å². The van der Waals surface area contributed by atoms with Crippen molar-refractivity contribution >= 4 is 65.4 Å². The molecule has 57 heavy (non-hydrogen) atoms. The SMILES string of the molecule is [2H]c1c([2H])c([2H])c(-n2c3c([2H])c([2H])c([2H])c([2H])c3c3c([2H])c([2H])c([2H])c([2H])c32)c(-c2c([2H])c([2H])c([2H])c(-c3c([2H])c([2H])c([2H])c([2H])c3-n3c4c([2H])c([2H])c([2H])c([2H])c4c4c([2H])c([2H])c([2H])c([2H])c43)c2-n2c3c([2H])c([2H])c([2H])c([2H])c3c3c([2H])c([2H])c([2H])c([2H])c32)c1[2H]. The van der Waals surface area contributed by atoms with Gasteiger partial charge < -0.3 is 13.7 Å². The monoisotopic (exact) mass is 761 g/mol. The molecule has 0 bridgehead atoms. The minimum atomic E-state index is -1.38. The van der Waals surface area contributed by atoms with Gasteiger partial charge in [-0.3, -0.25) is 0 Å². The van der Waals surface area contributed by atoms with Crippen molar-refractivity contribution in [2.75, 3.05) is 0 Å². The maximum Gasteiger partial charge on any atom is 0.0645 e. The van der Waals surface area contributed by atoms with E-state index in [2.05, 4.69) is 0 Å². The third-order valence-corrected chi connectivity index (χ3v) is 9.45. The van der Waals surface area contributed by atoms with E-state index < -0.39 is 316 Å². The Hall–Kier alpha value is -7.62. The number of nitrogens with zero attached hydrogens (tertiary/aromatic N) is 3. The van der Waals surface area contributed by atoms with Crippen LogP contribution >= 0.6 is 0 Å². The normalized spacial score (nSPS) is 20.5. The zero-order chi connectivity index (χ0) is 67.9. The lowest BCUT2D eigenvalue weighted by molar-refractivity contribution is 1.15. The van der Waals surface area contributed by atoms with Crippen LogP contribution in [0.4, 0.5) is 0 Å². The fraction of sp³-hybridized carbons (Fsp3) is 0. The Labute approximate surface area is 378 Å². The molecule has 0 saturated heterocycles. The van der Waals surface area contributed by atoms with Crippen LogP contribution in [0.3, 0.4) is 0 Å². The molecule has 0 fully saturated rings. The Bertz CT molecular complexity index is 5090. The van der Waals surface area contributed by atoms with E-state index in [4.69, 9.17) is 16.4 Å². The second-order valence-electron chi connectivity index (χ2n) is 12.3. The van der Waals surface area contributed by atoms with Gasteiger partial charge in [0, 0.05) is 54.6 Å². The highest BCUT2D eigenvalue weighted by atomic mass is 15.0. The van der Waals surface area contributed by atoms with Crippen LogP contribution in [-0.4, -0.2) is 13.7 Å². The maximum atomic E-state index is 10.2. The first-order chi connectivity index (χ1) is 42.9. The molecular formula is C54H35N3. The fourth-order valence-corrected chi connectivity index (χ4v) is 7.23. The van der Waals surface area contributed by atoms with Crippen LogP contribution in [-0.2, 0) is 0 Å². The van der Waals surface area contributed by atoms with Gasteiger partial charge in [-0.25, -0.2) is 0 Å². The summed E-state index contributed by atoms with van der Waals surface area (Å²) in [5, 5.41) is -4.23. The van der Waals surface area contributed by atoms with Gasteiger partial charge in [-0.2, -0.15) is 0 Å². The summed E-state index contributed by atoms with van der Waals surface area (Å²) in [4.78, 5) is 0. The van der Waals surface area contributed by atoms with Gasteiger partial charge in [0.25, 0.3) is 0 Å². The summed E-state index contributed by atoms with van der Waals surface area (Å²) in [6, 6.07) is -38.9. The highest BCUT2D eigenvalue weighted by molar-refractivity contribution is 6.13. The van der Waals surface area contributed by atoms with Crippen molar-refractivity contribution in [3.8, 4) is 39.3 Å². The molecule has 0 aliphatic carbocycles. The largest absolute Gasteiger partial charge is 0.309 e. The summed E-state index contributed by atoms with van der Waals surface area (Å²) < 4.78 is 328. The summed E-state index contributed by atoms with van der Waals surface area (Å²) in [5.41, 5.74) is -13.4. The highest BCUT2D eigenvalue weighted by Crippen LogP contribution is 2.46. The van der Waals surface area contributed by atoms with E-state index in [0.717, 1.165) is 0 Å². The van der Waals surface area contributed by atoms with E-state index in [9.17, 15) is 31.5 Å². The number of fused-ring (bicyclic) bond motifs is 9. The van der Waals surface area contributed by atoms with Gasteiger partial charge in [0.15, 0.2) is 0 Å². The molecule has 0 aliphatic rings. The number of para-hydroxylation sites is 9. The van der Waals surface area contributed by atoms with Crippen LogP contribution in [0.2, 0.25) is 0 Å². The van der Waals surface area contributed by atoms with Crippen LogP contribution < -0.4 is 0 Å². The van der Waals surface area contributed by atoms with E-state index in [0.29, 0.717) is 13.7 Å². The van der Waals surface area contributed by atoms with Crippen molar-refractivity contribution in [2.24, 2.45) is 0 Å². The minimum Gasteiger partial charge on any atom is -0.309 e. The molecule has 0 spiro atoms. The van der Waals surface area contributed by atoms with Crippen molar-refractivity contribution in [2.45, 2.75) is 0 Å². The highest BCUT2D eigenvalue weighted by Gasteiger charge is 2.24. The molecule has 0 saturated carbocycles. The van der Waals surface area contributed by atoms with Gasteiger partial charge in [-0.15, -0.1) is 0 Å². The minimum absolute atomic E-state index is 0.560. The molecule has 0 N–H and O–H groups in total. The van der Waals surface area contributed by atoms with E-state index >= 15 is 0 Å². The number of aromatic nitrogens is 3.